The number of benzene rings is 1. The molecule has 1 aromatic rings. The summed E-state index contributed by atoms with van der Waals surface area (Å²) in [7, 11) is 1.86. The number of halogens is 1. The zero-order valence-corrected chi connectivity index (χ0v) is 18.0. The van der Waals surface area contributed by atoms with Gasteiger partial charge in [-0.3, -0.25) is 0 Å². The van der Waals surface area contributed by atoms with Crippen LogP contribution in [0.3, 0.4) is 0 Å². The van der Waals surface area contributed by atoms with Gasteiger partial charge >= 0.3 is 6.09 Å². The minimum absolute atomic E-state index is 0.271. The van der Waals surface area contributed by atoms with Crippen LogP contribution in [0.5, 0.6) is 5.75 Å². The minimum atomic E-state index is -0.271. The molecular weight excluding hydrogens is 372 g/mol. The molecule has 0 unspecified atom stereocenters. The van der Waals surface area contributed by atoms with Gasteiger partial charge in [-0.2, -0.15) is 0 Å². The van der Waals surface area contributed by atoms with Gasteiger partial charge in [0.15, 0.2) is 0 Å². The van der Waals surface area contributed by atoms with E-state index in [9.17, 15) is 4.79 Å². The number of hydrogen-bond donors (Lipinski definition) is 0. The van der Waals surface area contributed by atoms with Gasteiger partial charge in [-0.15, -0.1) is 0 Å². The lowest BCUT2D eigenvalue weighted by Gasteiger charge is -2.34. The van der Waals surface area contributed by atoms with E-state index in [1.165, 1.54) is 71.0 Å². The predicted octanol–water partition coefficient (Wildman–Crippen LogP) is 5.99. The molecule has 0 spiro atoms. The maximum absolute atomic E-state index is 12.4. The zero-order chi connectivity index (χ0) is 19.8. The molecule has 5 heteroatoms. The summed E-state index contributed by atoms with van der Waals surface area (Å²) in [4.78, 5) is 16.8. The van der Waals surface area contributed by atoms with Gasteiger partial charge in [-0.1, -0.05) is 30.9 Å². The van der Waals surface area contributed by atoms with Crippen LogP contribution in [-0.4, -0.2) is 48.6 Å². The van der Waals surface area contributed by atoms with Crippen molar-refractivity contribution in [2.24, 2.45) is 5.92 Å². The smallest absolute Gasteiger partial charge is 0.410 e. The molecule has 0 aromatic heterocycles. The Balaban J connectivity index is 1.29. The van der Waals surface area contributed by atoms with Gasteiger partial charge in [0.1, 0.15) is 5.75 Å². The lowest BCUT2D eigenvalue weighted by atomic mass is 9.82. The first kappa shape index (κ1) is 21.4. The minimum Gasteiger partial charge on any atom is -0.410 e. The topological polar surface area (TPSA) is 32.8 Å². The number of rotatable bonds is 8. The Morgan fingerprint density at radius 1 is 1.07 bits per heavy atom. The molecule has 0 radical (unpaired) electrons. The molecule has 0 atom stereocenters. The molecule has 156 valence electrons. The molecule has 1 amide bonds. The summed E-state index contributed by atoms with van der Waals surface area (Å²) in [5.74, 6) is 1.38. The third kappa shape index (κ3) is 6.66. The summed E-state index contributed by atoms with van der Waals surface area (Å²) >= 11 is 5.88. The van der Waals surface area contributed by atoms with Crippen LogP contribution in [0, 0.1) is 5.92 Å². The van der Waals surface area contributed by atoms with E-state index in [2.05, 4.69) is 4.90 Å². The Kier molecular flexibility index (Phi) is 8.47. The van der Waals surface area contributed by atoms with E-state index in [0.29, 0.717) is 16.8 Å². The van der Waals surface area contributed by atoms with Gasteiger partial charge in [-0.05, 0) is 94.8 Å². The fourth-order valence-corrected chi connectivity index (χ4v) is 4.72. The van der Waals surface area contributed by atoms with E-state index >= 15 is 0 Å². The van der Waals surface area contributed by atoms with Gasteiger partial charge in [0.25, 0.3) is 0 Å². The second-order valence-electron chi connectivity index (χ2n) is 8.51. The highest BCUT2D eigenvalue weighted by Gasteiger charge is 2.27. The molecule has 1 aromatic carbocycles. The van der Waals surface area contributed by atoms with Crippen molar-refractivity contribution < 1.29 is 9.53 Å². The van der Waals surface area contributed by atoms with Crippen molar-refractivity contribution in [1.29, 1.82) is 0 Å². The fourth-order valence-electron chi connectivity index (χ4n) is 4.60. The molecule has 1 heterocycles. The zero-order valence-electron chi connectivity index (χ0n) is 17.2. The Hall–Kier alpha value is -1.26. The van der Waals surface area contributed by atoms with Gasteiger partial charge in [-0.25, -0.2) is 4.79 Å². The SMILES string of the molecule is CN(C(=O)Oc1ccc(Cl)cc1)C1CCC(CCCCCN2CCCC2)CC1. The largest absolute Gasteiger partial charge is 0.415 e. The van der Waals surface area contributed by atoms with E-state index in [0.717, 1.165) is 18.8 Å². The van der Waals surface area contributed by atoms with Crippen molar-refractivity contribution in [1.82, 2.24) is 9.80 Å². The van der Waals surface area contributed by atoms with Crippen molar-refractivity contribution in [3.63, 3.8) is 0 Å². The summed E-state index contributed by atoms with van der Waals surface area (Å²) in [6.07, 6.45) is 12.6. The molecule has 0 bridgehead atoms. The number of carbonyl (C=O) groups is 1. The van der Waals surface area contributed by atoms with Crippen LogP contribution >= 0.6 is 11.6 Å². The summed E-state index contributed by atoms with van der Waals surface area (Å²) in [6.45, 7) is 3.93. The Bertz CT molecular complexity index is 593. The molecule has 2 aliphatic rings. The van der Waals surface area contributed by atoms with E-state index < -0.39 is 0 Å². The van der Waals surface area contributed by atoms with Crippen LogP contribution in [0.1, 0.15) is 64.2 Å². The third-order valence-corrected chi connectivity index (χ3v) is 6.71. The van der Waals surface area contributed by atoms with Gasteiger partial charge in [0.05, 0.1) is 0 Å². The van der Waals surface area contributed by atoms with Crippen molar-refractivity contribution in [3.05, 3.63) is 29.3 Å². The highest BCUT2D eigenvalue weighted by Crippen LogP contribution is 2.31. The maximum atomic E-state index is 12.4. The number of likely N-dealkylation sites (tertiary alicyclic amines) is 1. The predicted molar refractivity (Wildman–Crippen MR) is 115 cm³/mol. The number of carbonyl (C=O) groups excluding carboxylic acids is 1. The quantitative estimate of drug-likeness (QED) is 0.497. The van der Waals surface area contributed by atoms with Crippen molar-refractivity contribution >= 4 is 17.7 Å². The van der Waals surface area contributed by atoms with Crippen LogP contribution < -0.4 is 4.74 Å². The highest BCUT2D eigenvalue weighted by atomic mass is 35.5. The summed E-state index contributed by atoms with van der Waals surface area (Å²) in [5.41, 5.74) is 0. The first-order valence-corrected chi connectivity index (χ1v) is 11.4. The first-order valence-electron chi connectivity index (χ1n) is 11.0. The molecule has 4 nitrogen and oxygen atoms in total. The van der Waals surface area contributed by atoms with E-state index in [-0.39, 0.29) is 6.09 Å². The molecule has 2 fully saturated rings. The maximum Gasteiger partial charge on any atom is 0.415 e. The average Bonchev–Trinajstić information content (AvgIpc) is 3.23. The molecule has 1 saturated carbocycles. The molecule has 3 rings (SSSR count). The van der Waals surface area contributed by atoms with Crippen molar-refractivity contribution in [3.8, 4) is 5.75 Å². The van der Waals surface area contributed by atoms with E-state index in [4.69, 9.17) is 16.3 Å². The number of amides is 1. The van der Waals surface area contributed by atoms with Crippen LogP contribution in [0.4, 0.5) is 4.79 Å². The van der Waals surface area contributed by atoms with Gasteiger partial charge in [0, 0.05) is 18.1 Å². The lowest BCUT2D eigenvalue weighted by molar-refractivity contribution is 0.123. The monoisotopic (exact) mass is 406 g/mol. The second kappa shape index (κ2) is 11.1. The van der Waals surface area contributed by atoms with E-state index in [1.807, 2.05) is 7.05 Å². The normalized spacial score (nSPS) is 22.9. The van der Waals surface area contributed by atoms with Crippen LogP contribution in [0.2, 0.25) is 5.02 Å². The number of unbranched alkanes of at least 4 members (excludes halogenated alkanes) is 2. The first-order chi connectivity index (χ1) is 13.6. The van der Waals surface area contributed by atoms with Gasteiger partial charge < -0.3 is 14.5 Å². The summed E-state index contributed by atoms with van der Waals surface area (Å²) in [5, 5.41) is 0.641. The highest BCUT2D eigenvalue weighted by molar-refractivity contribution is 6.30. The molecule has 1 aliphatic carbocycles. The van der Waals surface area contributed by atoms with E-state index in [1.54, 1.807) is 29.2 Å². The molecule has 1 saturated heterocycles. The third-order valence-electron chi connectivity index (χ3n) is 6.46. The summed E-state index contributed by atoms with van der Waals surface area (Å²) in [6, 6.07) is 7.23. The molecular formula is C23H35ClN2O2. The van der Waals surface area contributed by atoms with Crippen molar-refractivity contribution in [2.75, 3.05) is 26.7 Å². The van der Waals surface area contributed by atoms with Crippen molar-refractivity contribution in [2.45, 2.75) is 70.3 Å². The average molecular weight is 407 g/mol. The standard InChI is InChI=1S/C23H35ClN2O2/c1-25(23(27)28-22-14-10-20(24)11-15-22)21-12-8-19(9-13-21)7-3-2-4-16-26-17-5-6-18-26/h10-11,14-15,19,21H,2-9,12-13,16-18H2,1H3. The van der Waals surface area contributed by atoms with Gasteiger partial charge in [0.2, 0.25) is 0 Å². The Labute approximate surface area is 175 Å². The Morgan fingerprint density at radius 2 is 1.75 bits per heavy atom. The summed E-state index contributed by atoms with van der Waals surface area (Å²) < 4.78 is 5.47. The Morgan fingerprint density at radius 3 is 2.43 bits per heavy atom. The number of nitrogens with zero attached hydrogens (tertiary/aromatic N) is 2. The van der Waals surface area contributed by atoms with Crippen LogP contribution in [-0.2, 0) is 0 Å². The van der Waals surface area contributed by atoms with Crippen LogP contribution in [0.15, 0.2) is 24.3 Å². The number of ether oxygens (including phenoxy) is 1. The van der Waals surface area contributed by atoms with Crippen LogP contribution in [0.25, 0.3) is 0 Å². The number of hydrogen-bond acceptors (Lipinski definition) is 3. The second-order valence-corrected chi connectivity index (χ2v) is 8.94. The fraction of sp³-hybridized carbons (Fsp3) is 0.696. The molecule has 1 aliphatic heterocycles. The molecule has 0 N–H and O–H groups in total. The molecule has 28 heavy (non-hydrogen) atoms. The lowest BCUT2D eigenvalue weighted by Crippen LogP contribution is -2.41.